The molecule has 3 N–H and O–H groups in total. The summed E-state index contributed by atoms with van der Waals surface area (Å²) in [6.07, 6.45) is 0.0192. The van der Waals surface area contributed by atoms with Crippen LogP contribution in [0.25, 0.3) is 0 Å². The molecule has 0 spiro atoms. The van der Waals surface area contributed by atoms with Gasteiger partial charge in [-0.1, -0.05) is 54.6 Å². The zero-order valence-corrected chi connectivity index (χ0v) is 25.0. The van der Waals surface area contributed by atoms with Crippen molar-refractivity contribution in [3.63, 3.8) is 0 Å². The highest BCUT2D eigenvalue weighted by Gasteiger charge is 2.51. The summed E-state index contributed by atoms with van der Waals surface area (Å²) in [6.45, 7) is 4.70. The minimum Gasteiger partial charge on any atom is -0.465 e. The van der Waals surface area contributed by atoms with Crippen molar-refractivity contribution in [1.29, 1.82) is 0 Å². The summed E-state index contributed by atoms with van der Waals surface area (Å²) < 4.78 is 10.4. The second-order valence-corrected chi connectivity index (χ2v) is 11.3. The maximum atomic E-state index is 13.9. The summed E-state index contributed by atoms with van der Waals surface area (Å²) in [5.41, 5.74) is 0.950. The monoisotopic (exact) mass is 600 g/mol. The van der Waals surface area contributed by atoms with Gasteiger partial charge in [0.1, 0.15) is 11.6 Å². The minimum absolute atomic E-state index is 0.0192. The zero-order chi connectivity index (χ0) is 31.9. The number of rotatable bonds is 8. The Hall–Kier alpha value is -5.19. The van der Waals surface area contributed by atoms with E-state index in [1.54, 1.807) is 81.4 Å². The van der Waals surface area contributed by atoms with Crippen LogP contribution in [0.5, 0.6) is 0 Å². The molecule has 1 heterocycles. The van der Waals surface area contributed by atoms with E-state index in [0.717, 1.165) is 0 Å². The lowest BCUT2D eigenvalue weighted by Crippen LogP contribution is -2.48. The number of nitrogens with zero attached hydrogens (tertiary/aromatic N) is 1. The first-order valence-corrected chi connectivity index (χ1v) is 14.1. The summed E-state index contributed by atoms with van der Waals surface area (Å²) >= 11 is 0. The van der Waals surface area contributed by atoms with Gasteiger partial charge in [0.25, 0.3) is 0 Å². The van der Waals surface area contributed by atoms with Crippen molar-refractivity contribution in [2.45, 2.75) is 44.9 Å². The minimum atomic E-state index is -1.08. The van der Waals surface area contributed by atoms with E-state index in [1.807, 2.05) is 12.1 Å². The molecular weight excluding hydrogens is 564 g/mol. The lowest BCUT2D eigenvalue weighted by Gasteiger charge is -2.32. The first kappa shape index (κ1) is 31.7. The number of ether oxygens (including phenoxy) is 2. The van der Waals surface area contributed by atoms with Gasteiger partial charge in [0, 0.05) is 11.4 Å². The van der Waals surface area contributed by atoms with Gasteiger partial charge in [-0.3, -0.25) is 9.59 Å². The molecule has 4 rings (SSSR count). The van der Waals surface area contributed by atoms with Crippen LogP contribution in [-0.4, -0.2) is 60.0 Å². The van der Waals surface area contributed by atoms with Crippen LogP contribution in [0.2, 0.25) is 0 Å². The van der Waals surface area contributed by atoms with Crippen LogP contribution >= 0.6 is 0 Å². The van der Waals surface area contributed by atoms with E-state index in [9.17, 15) is 24.0 Å². The van der Waals surface area contributed by atoms with Gasteiger partial charge in [0.15, 0.2) is 0 Å². The average molecular weight is 601 g/mol. The van der Waals surface area contributed by atoms with Gasteiger partial charge in [-0.15, -0.1) is 0 Å². The number of hydrogen-bond acceptors (Lipinski definition) is 7. The Morgan fingerprint density at radius 3 is 2.11 bits per heavy atom. The zero-order valence-electron chi connectivity index (χ0n) is 25.0. The van der Waals surface area contributed by atoms with E-state index in [2.05, 4.69) is 16.0 Å². The van der Waals surface area contributed by atoms with Crippen molar-refractivity contribution >= 4 is 41.2 Å². The lowest BCUT2D eigenvalue weighted by molar-refractivity contribution is -0.164. The van der Waals surface area contributed by atoms with Gasteiger partial charge < -0.3 is 30.3 Å². The number of nitrogens with one attached hydrogen (secondary N) is 3. The summed E-state index contributed by atoms with van der Waals surface area (Å²) in [6, 6.07) is 21.4. The number of amides is 4. The number of carbonyl (C=O) groups excluding carboxylic acids is 5. The van der Waals surface area contributed by atoms with Gasteiger partial charge in [0.05, 0.1) is 31.2 Å². The average Bonchev–Trinajstić information content (AvgIpc) is 3.41. The fourth-order valence-electron chi connectivity index (χ4n) is 5.09. The molecule has 0 saturated carbocycles. The molecule has 3 aromatic rings. The normalized spacial score (nSPS) is 17.7. The second-order valence-electron chi connectivity index (χ2n) is 11.3. The Morgan fingerprint density at radius 2 is 1.48 bits per heavy atom. The molecule has 11 nitrogen and oxygen atoms in total. The number of esters is 2. The fourth-order valence-corrected chi connectivity index (χ4v) is 5.09. The topological polar surface area (TPSA) is 143 Å². The highest BCUT2D eigenvalue weighted by atomic mass is 16.6. The quantitative estimate of drug-likeness (QED) is 0.322. The first-order valence-electron chi connectivity index (χ1n) is 14.1. The predicted molar refractivity (Wildman–Crippen MR) is 164 cm³/mol. The van der Waals surface area contributed by atoms with Crippen molar-refractivity contribution < 1.29 is 33.4 Å². The summed E-state index contributed by atoms with van der Waals surface area (Å²) in [5, 5.41) is 8.01. The predicted octanol–water partition coefficient (Wildman–Crippen LogP) is 4.53. The van der Waals surface area contributed by atoms with E-state index in [0.29, 0.717) is 16.9 Å². The molecule has 3 atom stereocenters. The standard InChI is InChI=1S/C33H36N4O7/c1-33(2,3)44-31(41)26-19-25(29(39)35-23-15-9-6-10-16-23)28(21-12-7-5-8-13-21)37(26)27(38)20-34-32(42)36-24-17-11-14-22(18-24)30(40)43-4/h5-18,25-26,28H,19-20H2,1-4H3,(H,35,39)(H2,34,36,42). The fraction of sp³-hybridized carbons (Fsp3) is 0.303. The van der Waals surface area contributed by atoms with E-state index in [4.69, 9.17) is 9.47 Å². The molecule has 0 radical (unpaired) electrons. The Labute approximate surface area is 255 Å². The van der Waals surface area contributed by atoms with Crippen molar-refractivity contribution in [3.05, 3.63) is 96.1 Å². The van der Waals surface area contributed by atoms with E-state index >= 15 is 0 Å². The van der Waals surface area contributed by atoms with Crippen LogP contribution in [0.4, 0.5) is 16.2 Å². The van der Waals surface area contributed by atoms with Crippen LogP contribution < -0.4 is 16.0 Å². The summed E-state index contributed by atoms with van der Waals surface area (Å²) in [7, 11) is 1.25. The van der Waals surface area contributed by atoms with Gasteiger partial charge in [-0.25, -0.2) is 14.4 Å². The molecule has 1 aliphatic heterocycles. The van der Waals surface area contributed by atoms with E-state index in [1.165, 1.54) is 24.1 Å². The highest BCUT2D eigenvalue weighted by molar-refractivity contribution is 5.98. The number of carbonyl (C=O) groups is 5. The number of benzene rings is 3. The van der Waals surface area contributed by atoms with Crippen LogP contribution in [0.15, 0.2) is 84.9 Å². The summed E-state index contributed by atoms with van der Waals surface area (Å²) in [5.74, 6) is -2.95. The Kier molecular flexibility index (Phi) is 9.99. The third-order valence-electron chi connectivity index (χ3n) is 6.92. The molecule has 0 aromatic heterocycles. The van der Waals surface area contributed by atoms with Crippen LogP contribution in [0, 0.1) is 5.92 Å². The third kappa shape index (κ3) is 8.00. The van der Waals surface area contributed by atoms with E-state index < -0.39 is 54.0 Å². The van der Waals surface area contributed by atoms with Gasteiger partial charge in [-0.05, 0) is 63.1 Å². The van der Waals surface area contributed by atoms with Crippen LogP contribution in [-0.2, 0) is 23.9 Å². The second kappa shape index (κ2) is 13.9. The molecule has 3 aromatic carbocycles. The molecule has 1 aliphatic rings. The lowest BCUT2D eigenvalue weighted by atomic mass is 9.92. The number of likely N-dealkylation sites (tertiary alicyclic amines) is 1. The maximum Gasteiger partial charge on any atom is 0.337 e. The Bertz CT molecular complexity index is 1510. The first-order chi connectivity index (χ1) is 21.0. The summed E-state index contributed by atoms with van der Waals surface area (Å²) in [4.78, 5) is 67.0. The van der Waals surface area contributed by atoms with E-state index in [-0.39, 0.29) is 17.9 Å². The Balaban J connectivity index is 1.59. The molecule has 11 heteroatoms. The smallest absolute Gasteiger partial charge is 0.337 e. The van der Waals surface area contributed by atoms with Crippen molar-refractivity contribution in [1.82, 2.24) is 10.2 Å². The number of anilines is 2. The van der Waals surface area contributed by atoms with Gasteiger partial charge in [-0.2, -0.15) is 0 Å². The molecular formula is C33H36N4O7. The Morgan fingerprint density at radius 1 is 0.841 bits per heavy atom. The van der Waals surface area contributed by atoms with Crippen molar-refractivity contribution in [2.75, 3.05) is 24.3 Å². The number of urea groups is 1. The molecule has 0 bridgehead atoms. The molecule has 1 fully saturated rings. The largest absolute Gasteiger partial charge is 0.465 e. The molecule has 230 valence electrons. The molecule has 44 heavy (non-hydrogen) atoms. The number of para-hydroxylation sites is 1. The molecule has 0 aliphatic carbocycles. The maximum absolute atomic E-state index is 13.9. The highest BCUT2D eigenvalue weighted by Crippen LogP contribution is 2.42. The van der Waals surface area contributed by atoms with Gasteiger partial charge >= 0.3 is 18.0 Å². The van der Waals surface area contributed by atoms with Crippen LogP contribution in [0.1, 0.15) is 49.2 Å². The van der Waals surface area contributed by atoms with Crippen LogP contribution in [0.3, 0.4) is 0 Å². The van der Waals surface area contributed by atoms with Crippen molar-refractivity contribution in [3.8, 4) is 0 Å². The molecule has 3 unspecified atom stereocenters. The SMILES string of the molecule is COC(=O)c1cccc(NC(=O)NCC(=O)N2C(C(=O)OC(C)(C)C)CC(C(=O)Nc3ccccc3)C2c2ccccc2)c1. The molecule has 4 amide bonds. The molecule has 1 saturated heterocycles. The van der Waals surface area contributed by atoms with Gasteiger partial charge in [0.2, 0.25) is 11.8 Å². The third-order valence-corrected chi connectivity index (χ3v) is 6.92. The van der Waals surface area contributed by atoms with Crippen molar-refractivity contribution in [2.24, 2.45) is 5.92 Å². The number of hydrogen-bond donors (Lipinski definition) is 3. The number of methoxy groups -OCH3 is 1.